The molecule has 0 bridgehead atoms. The Hall–Kier alpha value is -3.35. The molecule has 0 aromatic heterocycles. The first-order valence-electron chi connectivity index (χ1n) is 10.0. The Morgan fingerprint density at radius 3 is 2.37 bits per heavy atom. The summed E-state index contributed by atoms with van der Waals surface area (Å²) in [5.41, 5.74) is 1.72. The van der Waals surface area contributed by atoms with Crippen molar-refractivity contribution in [2.75, 3.05) is 23.4 Å². The van der Waals surface area contributed by atoms with Gasteiger partial charge >= 0.3 is 5.97 Å². The fourth-order valence-corrected chi connectivity index (χ4v) is 3.24. The van der Waals surface area contributed by atoms with E-state index in [4.69, 9.17) is 9.47 Å². The summed E-state index contributed by atoms with van der Waals surface area (Å²) in [6.07, 6.45) is -0.0483. The Morgan fingerprint density at radius 1 is 1.10 bits per heavy atom. The standard InChI is InChI=1S/C23H26N2O5/c1-4-29-20-11-9-19(10-12-20)25-14-17(13-21(25)26)22(27)24-18-7-5-16(6-8-18)23(28)30-15(2)3/h5-12,15,17H,4,13-14H2,1-3H3,(H,24,27)/t17-/m1/s1. The molecule has 2 aromatic carbocycles. The second-order valence-electron chi connectivity index (χ2n) is 7.35. The highest BCUT2D eigenvalue weighted by Gasteiger charge is 2.35. The lowest BCUT2D eigenvalue weighted by Crippen LogP contribution is -2.28. The number of amides is 2. The first kappa shape index (κ1) is 21.4. The van der Waals surface area contributed by atoms with E-state index in [9.17, 15) is 14.4 Å². The number of nitrogens with one attached hydrogen (secondary N) is 1. The van der Waals surface area contributed by atoms with Crippen molar-refractivity contribution in [3.63, 3.8) is 0 Å². The molecule has 30 heavy (non-hydrogen) atoms. The zero-order valence-electron chi connectivity index (χ0n) is 17.4. The van der Waals surface area contributed by atoms with Gasteiger partial charge in [0.1, 0.15) is 5.75 Å². The first-order valence-corrected chi connectivity index (χ1v) is 10.0. The first-order chi connectivity index (χ1) is 14.4. The van der Waals surface area contributed by atoms with Gasteiger partial charge in [-0.25, -0.2) is 4.79 Å². The largest absolute Gasteiger partial charge is 0.494 e. The molecule has 1 N–H and O–H groups in total. The second-order valence-corrected chi connectivity index (χ2v) is 7.35. The minimum atomic E-state index is -0.449. The van der Waals surface area contributed by atoms with Crippen molar-refractivity contribution in [3.05, 3.63) is 54.1 Å². The van der Waals surface area contributed by atoms with E-state index >= 15 is 0 Å². The van der Waals surface area contributed by atoms with Crippen molar-refractivity contribution in [2.24, 2.45) is 5.92 Å². The predicted molar refractivity (Wildman–Crippen MR) is 114 cm³/mol. The van der Waals surface area contributed by atoms with Crippen LogP contribution in [0.4, 0.5) is 11.4 Å². The molecular weight excluding hydrogens is 384 g/mol. The van der Waals surface area contributed by atoms with Gasteiger partial charge in [0.05, 0.1) is 24.2 Å². The van der Waals surface area contributed by atoms with Crippen LogP contribution >= 0.6 is 0 Å². The third-order valence-corrected chi connectivity index (χ3v) is 4.69. The zero-order valence-corrected chi connectivity index (χ0v) is 17.4. The summed E-state index contributed by atoms with van der Waals surface area (Å²) in [6.45, 7) is 6.37. The fraction of sp³-hybridized carbons (Fsp3) is 0.348. The lowest BCUT2D eigenvalue weighted by molar-refractivity contribution is -0.122. The molecule has 0 radical (unpaired) electrons. The fourth-order valence-electron chi connectivity index (χ4n) is 3.24. The SMILES string of the molecule is CCOc1ccc(N2C[C@H](C(=O)Nc3ccc(C(=O)OC(C)C)cc3)CC2=O)cc1. The van der Waals surface area contributed by atoms with Crippen LogP contribution in [0.2, 0.25) is 0 Å². The predicted octanol–water partition coefficient (Wildman–Crippen LogP) is 3.64. The Kier molecular flexibility index (Phi) is 6.72. The number of nitrogens with zero attached hydrogens (tertiary/aromatic N) is 1. The molecule has 2 amide bonds. The molecule has 1 aliphatic rings. The highest BCUT2D eigenvalue weighted by Crippen LogP contribution is 2.27. The average molecular weight is 410 g/mol. The molecule has 2 aromatic rings. The van der Waals surface area contributed by atoms with E-state index in [1.807, 2.05) is 31.2 Å². The quantitative estimate of drug-likeness (QED) is 0.705. The number of esters is 1. The Morgan fingerprint density at radius 2 is 1.77 bits per heavy atom. The van der Waals surface area contributed by atoms with Crippen molar-refractivity contribution in [2.45, 2.75) is 33.3 Å². The highest BCUT2D eigenvalue weighted by molar-refractivity contribution is 6.03. The maximum absolute atomic E-state index is 12.6. The molecule has 158 valence electrons. The van der Waals surface area contributed by atoms with Gasteiger partial charge in [-0.3, -0.25) is 9.59 Å². The summed E-state index contributed by atoms with van der Waals surface area (Å²) in [6, 6.07) is 13.8. The van der Waals surface area contributed by atoms with Gasteiger partial charge in [-0.1, -0.05) is 0 Å². The summed E-state index contributed by atoms with van der Waals surface area (Å²) in [4.78, 5) is 38.6. The summed E-state index contributed by atoms with van der Waals surface area (Å²) >= 11 is 0. The van der Waals surface area contributed by atoms with Crippen molar-refractivity contribution in [1.82, 2.24) is 0 Å². The summed E-state index contributed by atoms with van der Waals surface area (Å²) in [5.74, 6) is -0.437. The molecule has 3 rings (SSSR count). The molecule has 1 heterocycles. The van der Waals surface area contributed by atoms with Gasteiger partial charge in [-0.2, -0.15) is 0 Å². The van der Waals surface area contributed by atoms with Gasteiger partial charge in [0.2, 0.25) is 11.8 Å². The Bertz CT molecular complexity index is 906. The average Bonchev–Trinajstić information content (AvgIpc) is 3.11. The van der Waals surface area contributed by atoms with Crippen LogP contribution in [-0.2, 0) is 14.3 Å². The van der Waals surface area contributed by atoms with E-state index in [2.05, 4.69) is 5.32 Å². The lowest BCUT2D eigenvalue weighted by Gasteiger charge is -2.17. The topological polar surface area (TPSA) is 84.9 Å². The lowest BCUT2D eigenvalue weighted by atomic mass is 10.1. The second kappa shape index (κ2) is 9.43. The zero-order chi connectivity index (χ0) is 21.7. The minimum absolute atomic E-state index is 0.0916. The molecule has 7 heteroatoms. The number of carbonyl (C=O) groups is 3. The van der Waals surface area contributed by atoms with Crippen LogP contribution in [0, 0.1) is 5.92 Å². The van der Waals surface area contributed by atoms with Gasteiger partial charge in [-0.05, 0) is 69.3 Å². The van der Waals surface area contributed by atoms with Crippen LogP contribution < -0.4 is 15.0 Å². The Labute approximate surface area is 176 Å². The highest BCUT2D eigenvalue weighted by atomic mass is 16.5. The van der Waals surface area contributed by atoms with Gasteiger partial charge in [-0.15, -0.1) is 0 Å². The van der Waals surface area contributed by atoms with Crippen LogP contribution in [0.25, 0.3) is 0 Å². The summed E-state index contributed by atoms with van der Waals surface area (Å²) in [7, 11) is 0. The van der Waals surface area contributed by atoms with Crippen molar-refractivity contribution in [1.29, 1.82) is 0 Å². The maximum Gasteiger partial charge on any atom is 0.338 e. The Balaban J connectivity index is 1.60. The van der Waals surface area contributed by atoms with Crippen molar-refractivity contribution < 1.29 is 23.9 Å². The summed E-state index contributed by atoms with van der Waals surface area (Å²) < 4.78 is 10.6. The smallest absolute Gasteiger partial charge is 0.338 e. The van der Waals surface area contributed by atoms with E-state index in [-0.39, 0.29) is 24.3 Å². The van der Waals surface area contributed by atoms with E-state index in [1.54, 1.807) is 43.0 Å². The van der Waals surface area contributed by atoms with Crippen LogP contribution in [0.3, 0.4) is 0 Å². The van der Waals surface area contributed by atoms with Crippen molar-refractivity contribution >= 4 is 29.2 Å². The number of anilines is 2. The van der Waals surface area contributed by atoms with Crippen LogP contribution in [-0.4, -0.2) is 37.0 Å². The number of benzene rings is 2. The molecule has 7 nitrogen and oxygen atoms in total. The third kappa shape index (κ3) is 5.17. The number of hydrogen-bond donors (Lipinski definition) is 1. The molecule has 0 aliphatic carbocycles. The number of ether oxygens (including phenoxy) is 2. The number of hydrogen-bond acceptors (Lipinski definition) is 5. The monoisotopic (exact) mass is 410 g/mol. The molecule has 1 saturated heterocycles. The van der Waals surface area contributed by atoms with Gasteiger partial charge < -0.3 is 19.7 Å². The van der Waals surface area contributed by atoms with Gasteiger partial charge in [0, 0.05) is 24.3 Å². The van der Waals surface area contributed by atoms with Gasteiger partial charge in [0.25, 0.3) is 0 Å². The number of rotatable bonds is 7. The minimum Gasteiger partial charge on any atom is -0.494 e. The maximum atomic E-state index is 12.6. The van der Waals surface area contributed by atoms with E-state index in [0.29, 0.717) is 24.4 Å². The molecule has 1 aliphatic heterocycles. The molecule has 0 unspecified atom stereocenters. The van der Waals surface area contributed by atoms with Crippen LogP contribution in [0.5, 0.6) is 5.75 Å². The molecule has 0 spiro atoms. The van der Waals surface area contributed by atoms with E-state index in [1.165, 1.54) is 0 Å². The third-order valence-electron chi connectivity index (χ3n) is 4.69. The summed E-state index contributed by atoms with van der Waals surface area (Å²) in [5, 5.41) is 2.82. The van der Waals surface area contributed by atoms with E-state index < -0.39 is 11.9 Å². The normalized spacial score (nSPS) is 15.9. The molecule has 0 saturated carbocycles. The van der Waals surface area contributed by atoms with Crippen molar-refractivity contribution in [3.8, 4) is 5.75 Å². The molecular formula is C23H26N2O5. The van der Waals surface area contributed by atoms with Crippen LogP contribution in [0.15, 0.2) is 48.5 Å². The van der Waals surface area contributed by atoms with Gasteiger partial charge in [0.15, 0.2) is 0 Å². The number of carbonyl (C=O) groups excluding carboxylic acids is 3. The molecule has 1 fully saturated rings. The van der Waals surface area contributed by atoms with Crippen LogP contribution in [0.1, 0.15) is 37.6 Å². The van der Waals surface area contributed by atoms with E-state index in [0.717, 1.165) is 11.4 Å². The molecule has 1 atom stereocenters.